The van der Waals surface area contributed by atoms with Gasteiger partial charge in [0.05, 0.1) is 24.1 Å². The van der Waals surface area contributed by atoms with Crippen LogP contribution in [0.5, 0.6) is 0 Å². The van der Waals surface area contributed by atoms with E-state index in [2.05, 4.69) is 62.0 Å². The molecule has 0 aliphatic carbocycles. The van der Waals surface area contributed by atoms with Crippen molar-refractivity contribution in [2.45, 2.75) is 13.1 Å². The van der Waals surface area contributed by atoms with Crippen molar-refractivity contribution < 1.29 is 4.79 Å². The number of piperazine rings is 1. The highest BCUT2D eigenvalue weighted by atomic mass is 16.2. The maximum Gasteiger partial charge on any atom is 0.238 e. The number of rotatable bonds is 4. The molecule has 1 aromatic heterocycles. The molecule has 7 heteroatoms. The first-order valence-electron chi connectivity index (χ1n) is 10.7. The van der Waals surface area contributed by atoms with Gasteiger partial charge in [0.1, 0.15) is 5.82 Å². The van der Waals surface area contributed by atoms with Crippen molar-refractivity contribution in [2.75, 3.05) is 56.5 Å². The van der Waals surface area contributed by atoms with Crippen LogP contribution in [0.2, 0.25) is 0 Å². The van der Waals surface area contributed by atoms with Gasteiger partial charge in [0.2, 0.25) is 5.91 Å². The normalized spacial score (nSPS) is 17.8. The van der Waals surface area contributed by atoms with E-state index in [9.17, 15) is 4.79 Å². The molecule has 0 atom stereocenters. The molecule has 0 spiro atoms. The Morgan fingerprint density at radius 3 is 2.53 bits per heavy atom. The third kappa shape index (κ3) is 3.91. The summed E-state index contributed by atoms with van der Waals surface area (Å²) in [5.74, 6) is 1.16. The number of nitrogens with one attached hydrogen (secondary N) is 1. The third-order valence-electron chi connectivity index (χ3n) is 6.14. The highest BCUT2D eigenvalue weighted by Crippen LogP contribution is 2.25. The molecule has 0 bridgehead atoms. The molecular formula is C23H28N6O. The fourth-order valence-corrected chi connectivity index (χ4v) is 4.35. The average molecular weight is 405 g/mol. The third-order valence-corrected chi connectivity index (χ3v) is 6.14. The fourth-order valence-electron chi connectivity index (χ4n) is 4.35. The van der Waals surface area contributed by atoms with Crippen LogP contribution in [0.25, 0.3) is 11.0 Å². The predicted molar refractivity (Wildman–Crippen MR) is 120 cm³/mol. The summed E-state index contributed by atoms with van der Waals surface area (Å²) in [6, 6.07) is 16.5. The molecule has 30 heavy (non-hydrogen) atoms. The molecule has 0 saturated carbocycles. The van der Waals surface area contributed by atoms with E-state index in [1.54, 1.807) is 0 Å². The minimum absolute atomic E-state index is 0.0546. The molecule has 3 aromatic rings. The van der Waals surface area contributed by atoms with Crippen molar-refractivity contribution in [3.8, 4) is 0 Å². The van der Waals surface area contributed by atoms with Gasteiger partial charge in [-0.1, -0.05) is 12.1 Å². The van der Waals surface area contributed by atoms with E-state index < -0.39 is 0 Å². The van der Waals surface area contributed by atoms with E-state index in [1.807, 2.05) is 18.2 Å². The molecule has 5 rings (SSSR count). The Labute approximate surface area is 176 Å². The zero-order valence-corrected chi connectivity index (χ0v) is 17.4. The molecule has 2 aromatic carbocycles. The van der Waals surface area contributed by atoms with E-state index in [0.29, 0.717) is 6.54 Å². The number of aromatic nitrogens is 2. The lowest BCUT2D eigenvalue weighted by Crippen LogP contribution is -2.47. The lowest BCUT2D eigenvalue weighted by atomic mass is 10.2. The Balaban J connectivity index is 1.20. The van der Waals surface area contributed by atoms with E-state index in [0.717, 1.165) is 68.5 Å². The molecule has 1 fully saturated rings. The molecule has 1 amide bonds. The van der Waals surface area contributed by atoms with Crippen LogP contribution in [-0.4, -0.2) is 71.6 Å². The zero-order chi connectivity index (χ0) is 20.5. The van der Waals surface area contributed by atoms with Crippen molar-refractivity contribution in [3.63, 3.8) is 0 Å². The Hall–Kier alpha value is -2.90. The number of amides is 1. The summed E-state index contributed by atoms with van der Waals surface area (Å²) in [4.78, 5) is 24.0. The van der Waals surface area contributed by atoms with Crippen LogP contribution in [0.3, 0.4) is 0 Å². The SMILES string of the molecule is CN1CCN(CC(=O)Nc2ccc(N3CCn4c(nc5ccccc54)C3)cc2)CC1. The number of carbonyl (C=O) groups excluding carboxylic acids is 1. The molecule has 1 N–H and O–H groups in total. The number of benzene rings is 2. The Morgan fingerprint density at radius 1 is 0.967 bits per heavy atom. The first-order valence-corrected chi connectivity index (χ1v) is 10.7. The number of nitrogens with zero attached hydrogens (tertiary/aromatic N) is 5. The van der Waals surface area contributed by atoms with Gasteiger partial charge in [-0.05, 0) is 43.4 Å². The van der Waals surface area contributed by atoms with Crippen molar-refractivity contribution in [1.82, 2.24) is 19.4 Å². The zero-order valence-electron chi connectivity index (χ0n) is 17.4. The highest BCUT2D eigenvalue weighted by molar-refractivity contribution is 5.92. The maximum absolute atomic E-state index is 12.4. The number of imidazole rings is 1. The standard InChI is InChI=1S/C23H28N6O/c1-26-10-12-27(13-11-26)17-23(30)24-18-6-8-19(9-7-18)28-14-15-29-21-5-3-2-4-20(21)25-22(29)16-28/h2-9H,10-17H2,1H3,(H,24,30). The molecule has 3 heterocycles. The first-order chi connectivity index (χ1) is 14.7. The van der Waals surface area contributed by atoms with Gasteiger partial charge in [0.25, 0.3) is 0 Å². The molecule has 1 saturated heterocycles. The molecule has 2 aliphatic rings. The van der Waals surface area contributed by atoms with Crippen molar-refractivity contribution in [1.29, 1.82) is 0 Å². The summed E-state index contributed by atoms with van der Waals surface area (Å²) < 4.78 is 2.32. The smallest absolute Gasteiger partial charge is 0.238 e. The molecule has 7 nitrogen and oxygen atoms in total. The van der Waals surface area contributed by atoms with Crippen LogP contribution >= 0.6 is 0 Å². The fraction of sp³-hybridized carbons (Fsp3) is 0.391. The lowest BCUT2D eigenvalue weighted by Gasteiger charge is -2.31. The number of carbonyl (C=O) groups is 1. The number of hydrogen-bond acceptors (Lipinski definition) is 5. The number of likely N-dealkylation sites (N-methyl/N-ethyl adjacent to an activating group) is 1. The van der Waals surface area contributed by atoms with Gasteiger partial charge >= 0.3 is 0 Å². The first kappa shape index (κ1) is 19.1. The highest BCUT2D eigenvalue weighted by Gasteiger charge is 2.20. The minimum atomic E-state index is 0.0546. The second-order valence-electron chi connectivity index (χ2n) is 8.26. The molecular weight excluding hydrogens is 376 g/mol. The van der Waals surface area contributed by atoms with Gasteiger partial charge in [0, 0.05) is 50.6 Å². The van der Waals surface area contributed by atoms with E-state index in [-0.39, 0.29) is 5.91 Å². The second-order valence-corrected chi connectivity index (χ2v) is 8.26. The second kappa shape index (κ2) is 8.08. The van der Waals surface area contributed by atoms with E-state index >= 15 is 0 Å². The van der Waals surface area contributed by atoms with Crippen LogP contribution in [0, 0.1) is 0 Å². The van der Waals surface area contributed by atoms with Gasteiger partial charge in [-0.25, -0.2) is 4.98 Å². The van der Waals surface area contributed by atoms with E-state index in [1.165, 1.54) is 5.52 Å². The summed E-state index contributed by atoms with van der Waals surface area (Å²) in [6.07, 6.45) is 0. The number of fused-ring (bicyclic) bond motifs is 3. The maximum atomic E-state index is 12.4. The topological polar surface area (TPSA) is 56.6 Å². The molecule has 0 radical (unpaired) electrons. The quantitative estimate of drug-likeness (QED) is 0.723. The summed E-state index contributed by atoms with van der Waals surface area (Å²) in [7, 11) is 2.12. The average Bonchev–Trinajstić information content (AvgIpc) is 3.14. The summed E-state index contributed by atoms with van der Waals surface area (Å²) in [6.45, 7) is 7.06. The van der Waals surface area contributed by atoms with Crippen molar-refractivity contribution in [2.24, 2.45) is 0 Å². The Morgan fingerprint density at radius 2 is 1.73 bits per heavy atom. The van der Waals surface area contributed by atoms with Crippen LogP contribution in [0.4, 0.5) is 11.4 Å². The Kier molecular flexibility index (Phi) is 5.14. The van der Waals surface area contributed by atoms with Crippen LogP contribution in [-0.2, 0) is 17.9 Å². The molecule has 0 unspecified atom stereocenters. The van der Waals surface area contributed by atoms with Gasteiger partial charge in [0.15, 0.2) is 0 Å². The predicted octanol–water partition coefficient (Wildman–Crippen LogP) is 2.24. The summed E-state index contributed by atoms with van der Waals surface area (Å²) >= 11 is 0. The number of anilines is 2. The van der Waals surface area contributed by atoms with Crippen LogP contribution < -0.4 is 10.2 Å². The summed E-state index contributed by atoms with van der Waals surface area (Å²) in [5, 5.41) is 3.03. The van der Waals surface area contributed by atoms with E-state index in [4.69, 9.17) is 4.98 Å². The summed E-state index contributed by atoms with van der Waals surface area (Å²) in [5.41, 5.74) is 4.28. The van der Waals surface area contributed by atoms with Crippen LogP contribution in [0.15, 0.2) is 48.5 Å². The van der Waals surface area contributed by atoms with Crippen LogP contribution in [0.1, 0.15) is 5.82 Å². The van der Waals surface area contributed by atoms with Gasteiger partial charge < -0.3 is 19.7 Å². The van der Waals surface area contributed by atoms with Gasteiger partial charge in [-0.3, -0.25) is 9.69 Å². The molecule has 156 valence electrons. The molecule has 2 aliphatic heterocycles. The van der Waals surface area contributed by atoms with Crippen molar-refractivity contribution in [3.05, 3.63) is 54.4 Å². The lowest BCUT2D eigenvalue weighted by molar-refractivity contribution is -0.117. The Bertz CT molecular complexity index is 1040. The number of hydrogen-bond donors (Lipinski definition) is 1. The minimum Gasteiger partial charge on any atom is -0.362 e. The van der Waals surface area contributed by atoms with Gasteiger partial charge in [-0.15, -0.1) is 0 Å². The largest absolute Gasteiger partial charge is 0.362 e. The van der Waals surface area contributed by atoms with Gasteiger partial charge in [-0.2, -0.15) is 0 Å². The van der Waals surface area contributed by atoms with Crippen molar-refractivity contribution >= 4 is 28.3 Å². The monoisotopic (exact) mass is 404 g/mol. The number of para-hydroxylation sites is 2.